The summed E-state index contributed by atoms with van der Waals surface area (Å²) < 4.78 is 32.0. The van der Waals surface area contributed by atoms with Gasteiger partial charge in [-0.2, -0.15) is 4.31 Å². The Balaban J connectivity index is 1.40. The molecule has 10 nitrogen and oxygen atoms in total. The molecular weight excluding hydrogens is 464 g/mol. The van der Waals surface area contributed by atoms with E-state index in [1.165, 1.54) is 27.8 Å². The fraction of sp³-hybridized carbons (Fsp3) is 0.333. The number of ether oxygens (including phenoxy) is 1. The molecule has 2 aliphatic rings. The standard InChI is InChI=1S/C18H18N4O6S3/c23-15(9-14-16(24)21-18(25)30-14)20-17-19-13(10-29-17)11-1-3-12(4-2-11)31(26,27)22-5-7-28-8-6-22/h1-4,10,14H,5-9H2,(H,19,20,23)(H,21,24,25). The number of rotatable bonds is 6. The number of hydrogen-bond acceptors (Lipinski definition) is 9. The Bertz CT molecular complexity index is 1110. The SMILES string of the molecule is O=C(CC1SC(=O)NC1=O)Nc1nc(-c2ccc(S(=O)(=O)N3CCOCC3)cc2)cs1. The second kappa shape index (κ2) is 9.04. The molecule has 0 aliphatic carbocycles. The number of nitrogens with one attached hydrogen (secondary N) is 2. The second-order valence-corrected chi connectivity index (χ2v) is 10.7. The summed E-state index contributed by atoms with van der Waals surface area (Å²) in [7, 11) is -3.57. The van der Waals surface area contributed by atoms with E-state index in [1.807, 2.05) is 0 Å². The van der Waals surface area contributed by atoms with Crippen LogP contribution in [0.5, 0.6) is 0 Å². The van der Waals surface area contributed by atoms with Crippen molar-refractivity contribution in [3.63, 3.8) is 0 Å². The number of imide groups is 1. The summed E-state index contributed by atoms with van der Waals surface area (Å²) in [6.45, 7) is 1.42. The summed E-state index contributed by atoms with van der Waals surface area (Å²) in [6.07, 6.45) is -0.134. The second-order valence-electron chi connectivity index (χ2n) is 6.71. The van der Waals surface area contributed by atoms with Crippen molar-refractivity contribution in [1.82, 2.24) is 14.6 Å². The monoisotopic (exact) mass is 482 g/mol. The van der Waals surface area contributed by atoms with Gasteiger partial charge < -0.3 is 10.1 Å². The molecular formula is C18H18N4O6S3. The number of thioether (sulfide) groups is 1. The lowest BCUT2D eigenvalue weighted by atomic mass is 10.2. The molecule has 164 valence electrons. The Kier molecular flexibility index (Phi) is 6.39. The van der Waals surface area contributed by atoms with Gasteiger partial charge in [0.1, 0.15) is 5.25 Å². The van der Waals surface area contributed by atoms with Crippen molar-refractivity contribution in [3.05, 3.63) is 29.6 Å². The van der Waals surface area contributed by atoms with Gasteiger partial charge in [0, 0.05) is 30.5 Å². The summed E-state index contributed by atoms with van der Waals surface area (Å²) in [4.78, 5) is 39.4. The van der Waals surface area contributed by atoms with Crippen molar-refractivity contribution in [2.75, 3.05) is 31.6 Å². The van der Waals surface area contributed by atoms with Crippen LogP contribution in [-0.2, 0) is 24.3 Å². The highest BCUT2D eigenvalue weighted by Gasteiger charge is 2.33. The van der Waals surface area contributed by atoms with Crippen LogP contribution in [0.2, 0.25) is 0 Å². The van der Waals surface area contributed by atoms with E-state index in [-0.39, 0.29) is 11.3 Å². The highest BCUT2D eigenvalue weighted by molar-refractivity contribution is 8.15. The molecule has 2 aromatic rings. The summed E-state index contributed by atoms with van der Waals surface area (Å²) >= 11 is 2.00. The first-order valence-corrected chi connectivity index (χ1v) is 12.5. The van der Waals surface area contributed by atoms with E-state index >= 15 is 0 Å². The minimum absolute atomic E-state index is 0.134. The minimum atomic E-state index is -3.57. The molecule has 2 saturated heterocycles. The number of nitrogens with zero attached hydrogens (tertiary/aromatic N) is 2. The normalized spacial score (nSPS) is 19.9. The molecule has 1 unspecified atom stereocenters. The van der Waals surface area contributed by atoms with Gasteiger partial charge in [0.05, 0.1) is 23.8 Å². The predicted molar refractivity (Wildman–Crippen MR) is 115 cm³/mol. The van der Waals surface area contributed by atoms with Crippen molar-refractivity contribution in [2.45, 2.75) is 16.6 Å². The molecule has 0 spiro atoms. The van der Waals surface area contributed by atoms with Gasteiger partial charge in [-0.05, 0) is 12.1 Å². The van der Waals surface area contributed by atoms with Gasteiger partial charge in [0.15, 0.2) is 5.13 Å². The molecule has 0 bridgehead atoms. The van der Waals surface area contributed by atoms with E-state index in [2.05, 4.69) is 15.6 Å². The van der Waals surface area contributed by atoms with Crippen LogP contribution in [0.3, 0.4) is 0 Å². The third-order valence-corrected chi connectivity index (χ3v) is 8.30. The number of anilines is 1. The zero-order valence-corrected chi connectivity index (χ0v) is 18.5. The molecule has 0 saturated carbocycles. The Labute approximate surface area is 186 Å². The molecule has 2 aliphatic heterocycles. The minimum Gasteiger partial charge on any atom is -0.379 e. The van der Waals surface area contributed by atoms with Crippen LogP contribution in [0.1, 0.15) is 6.42 Å². The largest absolute Gasteiger partial charge is 0.379 e. The van der Waals surface area contributed by atoms with Crippen molar-refractivity contribution in [3.8, 4) is 11.3 Å². The zero-order valence-electron chi connectivity index (χ0n) is 16.1. The molecule has 3 amide bonds. The zero-order chi connectivity index (χ0) is 22.0. The van der Waals surface area contributed by atoms with E-state index < -0.39 is 32.3 Å². The van der Waals surface area contributed by atoms with E-state index in [9.17, 15) is 22.8 Å². The van der Waals surface area contributed by atoms with Crippen LogP contribution in [0.25, 0.3) is 11.3 Å². The maximum atomic E-state index is 12.7. The molecule has 2 fully saturated rings. The number of carbonyl (C=O) groups is 3. The van der Waals surface area contributed by atoms with Crippen LogP contribution in [0, 0.1) is 0 Å². The predicted octanol–water partition coefficient (Wildman–Crippen LogP) is 1.51. The van der Waals surface area contributed by atoms with E-state index in [0.29, 0.717) is 42.7 Å². The van der Waals surface area contributed by atoms with Crippen LogP contribution >= 0.6 is 23.1 Å². The molecule has 3 heterocycles. The number of hydrogen-bond donors (Lipinski definition) is 2. The molecule has 2 N–H and O–H groups in total. The van der Waals surface area contributed by atoms with Crippen LogP contribution in [-0.4, -0.2) is 66.3 Å². The average molecular weight is 483 g/mol. The molecule has 1 aromatic carbocycles. The van der Waals surface area contributed by atoms with E-state index in [1.54, 1.807) is 17.5 Å². The van der Waals surface area contributed by atoms with Gasteiger partial charge >= 0.3 is 0 Å². The Morgan fingerprint density at radius 3 is 2.58 bits per heavy atom. The van der Waals surface area contributed by atoms with Gasteiger partial charge in [0.2, 0.25) is 21.8 Å². The van der Waals surface area contributed by atoms with Crippen LogP contribution in [0.15, 0.2) is 34.5 Å². The summed E-state index contributed by atoms with van der Waals surface area (Å²) in [5, 5.41) is 5.64. The van der Waals surface area contributed by atoms with Gasteiger partial charge in [-0.3, -0.25) is 19.7 Å². The number of sulfonamides is 1. The topological polar surface area (TPSA) is 135 Å². The van der Waals surface area contributed by atoms with Crippen LogP contribution < -0.4 is 10.6 Å². The molecule has 0 radical (unpaired) electrons. The summed E-state index contributed by atoms with van der Waals surface area (Å²) in [5.74, 6) is -0.896. The fourth-order valence-electron chi connectivity index (χ4n) is 3.06. The Hall–Kier alpha value is -2.32. The lowest BCUT2D eigenvalue weighted by molar-refractivity contribution is -0.122. The third-order valence-electron chi connectivity index (χ3n) is 4.65. The fourth-order valence-corrected chi connectivity index (χ4v) is 6.03. The molecule has 31 heavy (non-hydrogen) atoms. The summed E-state index contributed by atoms with van der Waals surface area (Å²) in [6, 6.07) is 6.40. The summed E-state index contributed by atoms with van der Waals surface area (Å²) in [5.41, 5.74) is 1.28. The van der Waals surface area contributed by atoms with Crippen molar-refractivity contribution in [2.24, 2.45) is 0 Å². The highest BCUT2D eigenvalue weighted by Crippen LogP contribution is 2.28. The van der Waals surface area contributed by atoms with E-state index in [0.717, 1.165) is 11.8 Å². The number of carbonyl (C=O) groups excluding carboxylic acids is 3. The number of amides is 3. The average Bonchev–Trinajstić information content (AvgIpc) is 3.34. The van der Waals surface area contributed by atoms with Crippen molar-refractivity contribution < 1.29 is 27.5 Å². The quantitative estimate of drug-likeness (QED) is 0.633. The Morgan fingerprint density at radius 1 is 1.23 bits per heavy atom. The first-order valence-electron chi connectivity index (χ1n) is 9.28. The maximum absolute atomic E-state index is 12.7. The molecule has 13 heteroatoms. The van der Waals surface area contributed by atoms with Gasteiger partial charge in [-0.25, -0.2) is 13.4 Å². The van der Waals surface area contributed by atoms with E-state index in [4.69, 9.17) is 4.74 Å². The molecule has 1 atom stereocenters. The molecule has 4 rings (SSSR count). The lowest BCUT2D eigenvalue weighted by Gasteiger charge is -2.26. The Morgan fingerprint density at radius 2 is 1.94 bits per heavy atom. The smallest absolute Gasteiger partial charge is 0.286 e. The van der Waals surface area contributed by atoms with Crippen molar-refractivity contribution >= 4 is 55.3 Å². The first kappa shape index (κ1) is 21.9. The van der Waals surface area contributed by atoms with Crippen LogP contribution in [0.4, 0.5) is 9.93 Å². The molecule has 1 aromatic heterocycles. The number of morpholine rings is 1. The number of thiazole rings is 1. The highest BCUT2D eigenvalue weighted by atomic mass is 32.2. The number of aromatic nitrogens is 1. The van der Waals surface area contributed by atoms with Gasteiger partial charge in [-0.15, -0.1) is 11.3 Å². The van der Waals surface area contributed by atoms with Gasteiger partial charge in [-0.1, -0.05) is 23.9 Å². The first-order chi connectivity index (χ1) is 14.8. The number of benzene rings is 1. The lowest BCUT2D eigenvalue weighted by Crippen LogP contribution is -2.40. The van der Waals surface area contributed by atoms with Crippen molar-refractivity contribution in [1.29, 1.82) is 0 Å². The van der Waals surface area contributed by atoms with Gasteiger partial charge in [0.25, 0.3) is 5.24 Å². The maximum Gasteiger partial charge on any atom is 0.286 e. The third kappa shape index (κ3) is 4.96.